The monoisotopic (exact) mass is 454 g/mol. The van der Waals surface area contributed by atoms with Crippen LogP contribution in [0.3, 0.4) is 0 Å². The van der Waals surface area contributed by atoms with E-state index in [4.69, 9.17) is 0 Å². The molecule has 3 aliphatic heterocycles. The van der Waals surface area contributed by atoms with Crippen LogP contribution in [-0.2, 0) is 0 Å². The number of halogens is 1. The SMILES string of the molecule is N#CC1=C2Sc3ccccc3N2C(=N)/C(=C2\Nc3ccccc3S2)C1c1ccc(F)cc1. The largest absolute Gasteiger partial charge is 0.349 e. The molecule has 32 heavy (non-hydrogen) atoms. The number of benzene rings is 3. The first-order valence-electron chi connectivity index (χ1n) is 9.99. The number of fused-ring (bicyclic) bond motifs is 4. The highest BCUT2D eigenvalue weighted by Crippen LogP contribution is 2.56. The average molecular weight is 455 g/mol. The molecule has 1 unspecified atom stereocenters. The standard InChI is InChI=1S/C25H15FN4S2/c26-15-11-9-14(10-12-15)21-16(13-27)25-30(18-6-2-4-8-20(18)32-25)23(28)22(21)24-29-17-5-1-3-7-19(17)31-24/h1-12,21,28-29H/b24-22+,28-23?. The van der Waals surface area contributed by atoms with Crippen molar-refractivity contribution in [2.45, 2.75) is 15.7 Å². The minimum Gasteiger partial charge on any atom is -0.349 e. The second-order valence-corrected chi connectivity index (χ2v) is 9.62. The third-order valence-corrected chi connectivity index (χ3v) is 7.98. The molecule has 1 atom stereocenters. The van der Waals surface area contributed by atoms with Crippen molar-refractivity contribution in [2.75, 3.05) is 10.2 Å². The molecule has 0 radical (unpaired) electrons. The quantitative estimate of drug-likeness (QED) is 0.430. The van der Waals surface area contributed by atoms with Gasteiger partial charge in [-0.1, -0.05) is 59.9 Å². The van der Waals surface area contributed by atoms with Crippen LogP contribution in [0.1, 0.15) is 11.5 Å². The molecule has 0 fully saturated rings. The van der Waals surface area contributed by atoms with Gasteiger partial charge in [-0.2, -0.15) is 5.26 Å². The molecular weight excluding hydrogens is 439 g/mol. The van der Waals surface area contributed by atoms with Gasteiger partial charge in [0.1, 0.15) is 16.7 Å². The molecule has 0 aliphatic carbocycles. The summed E-state index contributed by atoms with van der Waals surface area (Å²) < 4.78 is 13.7. The van der Waals surface area contributed by atoms with E-state index in [1.807, 2.05) is 53.4 Å². The molecule has 6 rings (SSSR count). The molecular formula is C25H15FN4S2. The van der Waals surface area contributed by atoms with Crippen molar-refractivity contribution in [1.82, 2.24) is 0 Å². The lowest BCUT2D eigenvalue weighted by Crippen LogP contribution is -2.37. The Balaban J connectivity index is 1.61. The maximum Gasteiger partial charge on any atom is 0.137 e. The Labute approximate surface area is 193 Å². The fourth-order valence-electron chi connectivity index (χ4n) is 4.29. The van der Waals surface area contributed by atoms with Gasteiger partial charge in [-0.15, -0.1) is 0 Å². The fourth-order valence-corrected chi connectivity index (χ4v) is 6.54. The van der Waals surface area contributed by atoms with E-state index >= 15 is 0 Å². The van der Waals surface area contributed by atoms with Crippen molar-refractivity contribution in [1.29, 1.82) is 10.7 Å². The van der Waals surface area contributed by atoms with Crippen LogP contribution in [0, 0.1) is 22.6 Å². The number of nitriles is 1. The highest BCUT2D eigenvalue weighted by atomic mass is 32.2. The van der Waals surface area contributed by atoms with Gasteiger partial charge in [-0.3, -0.25) is 10.3 Å². The van der Waals surface area contributed by atoms with Crippen LogP contribution in [0.5, 0.6) is 0 Å². The van der Waals surface area contributed by atoms with E-state index in [1.165, 1.54) is 23.9 Å². The Bertz CT molecular complexity index is 1370. The van der Waals surface area contributed by atoms with E-state index < -0.39 is 5.92 Å². The van der Waals surface area contributed by atoms with Crippen molar-refractivity contribution in [2.24, 2.45) is 0 Å². The van der Waals surface area contributed by atoms with Gasteiger partial charge in [-0.05, 0) is 42.0 Å². The number of nitrogens with zero attached hydrogens (tertiary/aromatic N) is 2. The first-order valence-corrected chi connectivity index (χ1v) is 11.6. The van der Waals surface area contributed by atoms with Gasteiger partial charge in [-0.25, -0.2) is 4.39 Å². The molecule has 3 aliphatic rings. The lowest BCUT2D eigenvalue weighted by atomic mass is 9.82. The van der Waals surface area contributed by atoms with Gasteiger partial charge < -0.3 is 5.32 Å². The maximum absolute atomic E-state index is 13.7. The van der Waals surface area contributed by atoms with E-state index in [2.05, 4.69) is 11.4 Å². The summed E-state index contributed by atoms with van der Waals surface area (Å²) >= 11 is 3.07. The molecule has 0 saturated heterocycles. The van der Waals surface area contributed by atoms with Crippen LogP contribution in [0.25, 0.3) is 0 Å². The Kier molecular flexibility index (Phi) is 4.39. The molecule has 0 amide bonds. The Morgan fingerprint density at radius 1 is 0.938 bits per heavy atom. The molecule has 154 valence electrons. The molecule has 0 saturated carbocycles. The summed E-state index contributed by atoms with van der Waals surface area (Å²) in [6.45, 7) is 0. The Morgan fingerprint density at radius 3 is 2.41 bits per heavy atom. The highest BCUT2D eigenvalue weighted by molar-refractivity contribution is 8.04. The summed E-state index contributed by atoms with van der Waals surface area (Å²) in [7, 11) is 0. The molecule has 3 heterocycles. The van der Waals surface area contributed by atoms with Crippen LogP contribution in [0.15, 0.2) is 104 Å². The van der Waals surface area contributed by atoms with Crippen LogP contribution in [0.4, 0.5) is 15.8 Å². The number of amidine groups is 1. The number of allylic oxidation sites excluding steroid dienone is 1. The molecule has 3 aromatic carbocycles. The summed E-state index contributed by atoms with van der Waals surface area (Å²) in [6, 6.07) is 24.5. The molecule has 0 bridgehead atoms. The average Bonchev–Trinajstić information content (AvgIpc) is 3.41. The van der Waals surface area contributed by atoms with Crippen molar-refractivity contribution in [3.05, 3.63) is 105 Å². The first-order chi connectivity index (χ1) is 15.7. The van der Waals surface area contributed by atoms with Crippen molar-refractivity contribution >= 4 is 40.7 Å². The molecule has 2 N–H and O–H groups in total. The summed E-state index contributed by atoms with van der Waals surface area (Å²) in [5.74, 6) is -0.468. The smallest absolute Gasteiger partial charge is 0.137 e. The summed E-state index contributed by atoms with van der Waals surface area (Å²) in [5.41, 5.74) is 3.96. The van der Waals surface area contributed by atoms with Gasteiger partial charge in [0.2, 0.25) is 0 Å². The summed E-state index contributed by atoms with van der Waals surface area (Å²) in [6.07, 6.45) is 0. The second-order valence-electron chi connectivity index (χ2n) is 7.54. The minimum atomic E-state index is -0.467. The molecule has 7 heteroatoms. The van der Waals surface area contributed by atoms with E-state index in [0.717, 1.165) is 42.4 Å². The van der Waals surface area contributed by atoms with E-state index in [1.54, 1.807) is 23.9 Å². The van der Waals surface area contributed by atoms with Crippen molar-refractivity contribution in [3.63, 3.8) is 0 Å². The van der Waals surface area contributed by atoms with Gasteiger partial charge in [0, 0.05) is 15.4 Å². The Morgan fingerprint density at radius 2 is 1.66 bits per heavy atom. The van der Waals surface area contributed by atoms with Crippen LogP contribution < -0.4 is 10.2 Å². The summed E-state index contributed by atoms with van der Waals surface area (Å²) in [5, 5.41) is 24.6. The molecule has 3 aromatic rings. The van der Waals surface area contributed by atoms with Gasteiger partial charge >= 0.3 is 0 Å². The van der Waals surface area contributed by atoms with Gasteiger partial charge in [0.25, 0.3) is 0 Å². The number of nitrogens with one attached hydrogen (secondary N) is 2. The zero-order valence-electron chi connectivity index (χ0n) is 16.6. The first kappa shape index (κ1) is 19.2. The van der Waals surface area contributed by atoms with Gasteiger partial charge in [0.05, 0.1) is 34.0 Å². The lowest BCUT2D eigenvalue weighted by Gasteiger charge is -2.35. The van der Waals surface area contributed by atoms with Crippen LogP contribution >= 0.6 is 23.5 Å². The number of para-hydroxylation sites is 2. The number of rotatable bonds is 1. The van der Waals surface area contributed by atoms with E-state index in [0.29, 0.717) is 11.4 Å². The van der Waals surface area contributed by atoms with Crippen molar-refractivity contribution in [3.8, 4) is 6.07 Å². The number of hydrogen-bond donors (Lipinski definition) is 2. The highest BCUT2D eigenvalue weighted by Gasteiger charge is 2.44. The van der Waals surface area contributed by atoms with Crippen molar-refractivity contribution < 1.29 is 4.39 Å². The second kappa shape index (κ2) is 7.30. The third-order valence-electron chi connectivity index (χ3n) is 5.72. The van der Waals surface area contributed by atoms with E-state index in [-0.39, 0.29) is 5.82 Å². The minimum absolute atomic E-state index is 0.327. The molecule has 0 aromatic heterocycles. The molecule has 0 spiro atoms. The predicted molar refractivity (Wildman–Crippen MR) is 127 cm³/mol. The van der Waals surface area contributed by atoms with Gasteiger partial charge in [0.15, 0.2) is 0 Å². The predicted octanol–water partition coefficient (Wildman–Crippen LogP) is 6.68. The Hall–Kier alpha value is -3.47. The fraction of sp³-hybridized carbons (Fsp3) is 0.0400. The molecule has 4 nitrogen and oxygen atoms in total. The van der Waals surface area contributed by atoms with Crippen LogP contribution in [-0.4, -0.2) is 5.84 Å². The maximum atomic E-state index is 13.7. The van der Waals surface area contributed by atoms with E-state index in [9.17, 15) is 15.1 Å². The zero-order valence-corrected chi connectivity index (χ0v) is 18.2. The third kappa shape index (κ3) is 2.80. The number of hydrogen-bond acceptors (Lipinski definition) is 5. The zero-order chi connectivity index (χ0) is 21.8. The number of thioether (sulfide) groups is 2. The lowest BCUT2D eigenvalue weighted by molar-refractivity contribution is 0.627. The van der Waals surface area contributed by atoms with Crippen LogP contribution in [0.2, 0.25) is 0 Å². The number of anilines is 2. The normalized spacial score (nSPS) is 21.1. The summed E-state index contributed by atoms with van der Waals surface area (Å²) in [4.78, 5) is 3.95. The topological polar surface area (TPSA) is 62.9 Å².